The third-order valence-corrected chi connectivity index (χ3v) is 2.26. The summed E-state index contributed by atoms with van der Waals surface area (Å²) in [6.45, 7) is 0.902. The average Bonchev–Trinajstić information content (AvgIpc) is 2.09. The lowest BCUT2D eigenvalue weighted by Gasteiger charge is -2.37. The van der Waals surface area contributed by atoms with Crippen molar-refractivity contribution in [1.82, 2.24) is 5.32 Å². The van der Waals surface area contributed by atoms with Gasteiger partial charge in [-0.15, -0.1) is 0 Å². The molecule has 0 unspecified atom stereocenters. The summed E-state index contributed by atoms with van der Waals surface area (Å²) in [5.74, 6) is 0.634. The van der Waals surface area contributed by atoms with Crippen LogP contribution in [-0.2, 0) is 0 Å². The molecule has 50 valence electrons. The molecule has 0 atom stereocenters. The molecule has 0 aromatic rings. The lowest BCUT2D eigenvalue weighted by Crippen LogP contribution is -2.52. The maximum Gasteiger partial charge on any atom is 0.189 e. The fourth-order valence-corrected chi connectivity index (χ4v) is 1.47. The van der Waals surface area contributed by atoms with Gasteiger partial charge in [-0.2, -0.15) is 0 Å². The van der Waals surface area contributed by atoms with Crippen LogP contribution in [-0.4, -0.2) is 18.0 Å². The maximum atomic E-state index is 5.46. The summed E-state index contributed by atoms with van der Waals surface area (Å²) in [4.78, 5) is 4.09. The van der Waals surface area contributed by atoms with Crippen LogP contribution >= 0.6 is 0 Å². The fourth-order valence-electron chi connectivity index (χ4n) is 1.47. The second-order valence-corrected chi connectivity index (χ2v) is 2.96. The molecule has 1 spiro atoms. The van der Waals surface area contributed by atoms with Crippen molar-refractivity contribution in [2.24, 2.45) is 10.7 Å². The molecular weight excluding hydrogens is 114 g/mol. The predicted octanol–water partition coefficient (Wildman–Crippen LogP) is -0.173. The summed E-state index contributed by atoms with van der Waals surface area (Å²) in [7, 11) is 0. The smallest absolute Gasteiger partial charge is 0.189 e. The van der Waals surface area contributed by atoms with Crippen molar-refractivity contribution < 1.29 is 0 Å². The summed E-state index contributed by atoms with van der Waals surface area (Å²) in [5.41, 5.74) is 5.77. The molecule has 9 heavy (non-hydrogen) atoms. The van der Waals surface area contributed by atoms with Crippen molar-refractivity contribution in [3.8, 4) is 0 Å². The number of nitrogens with one attached hydrogen (secondary N) is 1. The molecule has 0 saturated heterocycles. The van der Waals surface area contributed by atoms with Crippen LogP contribution in [0.4, 0.5) is 0 Å². The lowest BCUT2D eigenvalue weighted by atomic mass is 9.77. The van der Waals surface area contributed by atoms with E-state index in [1.807, 2.05) is 0 Å². The van der Waals surface area contributed by atoms with Gasteiger partial charge in [0.25, 0.3) is 0 Å². The Balaban J connectivity index is 2.05. The third-order valence-electron chi connectivity index (χ3n) is 2.26. The Morgan fingerprint density at radius 3 is 2.56 bits per heavy atom. The summed E-state index contributed by atoms with van der Waals surface area (Å²) in [5, 5.41) is 3.19. The zero-order valence-corrected chi connectivity index (χ0v) is 5.35. The molecule has 0 amide bonds. The van der Waals surface area contributed by atoms with Crippen LogP contribution in [0.1, 0.15) is 19.3 Å². The first-order valence-corrected chi connectivity index (χ1v) is 3.39. The Bertz CT molecular complexity index is 158. The third kappa shape index (κ3) is 0.605. The van der Waals surface area contributed by atoms with Gasteiger partial charge in [0, 0.05) is 0 Å². The zero-order chi connectivity index (χ0) is 6.32. The molecule has 1 heterocycles. The standard InChI is InChI=1S/C6H11N3/c7-5-8-4-6(9-5)2-1-3-6/h1-4H2,(H3,7,8,9). The lowest BCUT2D eigenvalue weighted by molar-refractivity contribution is 0.241. The van der Waals surface area contributed by atoms with Crippen LogP contribution in [0.3, 0.4) is 0 Å². The molecule has 3 N–H and O–H groups in total. The largest absolute Gasteiger partial charge is 0.370 e. The molecule has 1 aliphatic carbocycles. The van der Waals surface area contributed by atoms with Gasteiger partial charge in [-0.05, 0) is 19.3 Å². The predicted molar refractivity (Wildman–Crippen MR) is 36.2 cm³/mol. The van der Waals surface area contributed by atoms with Gasteiger partial charge < -0.3 is 11.1 Å². The second kappa shape index (κ2) is 1.40. The SMILES string of the molecule is NC1=NCC2(CCC2)N1. The molecule has 1 fully saturated rings. The van der Waals surface area contributed by atoms with Crippen molar-refractivity contribution in [2.75, 3.05) is 6.54 Å². The second-order valence-electron chi connectivity index (χ2n) is 2.96. The van der Waals surface area contributed by atoms with Crippen molar-refractivity contribution in [3.05, 3.63) is 0 Å². The molecule has 3 nitrogen and oxygen atoms in total. The first-order chi connectivity index (χ1) is 4.31. The van der Waals surface area contributed by atoms with Crippen molar-refractivity contribution in [3.63, 3.8) is 0 Å². The quantitative estimate of drug-likeness (QED) is 0.472. The normalized spacial score (nSPS) is 29.1. The molecule has 2 rings (SSSR count). The highest BCUT2D eigenvalue weighted by atomic mass is 15.2. The van der Waals surface area contributed by atoms with E-state index in [0.717, 1.165) is 6.54 Å². The van der Waals surface area contributed by atoms with Gasteiger partial charge in [0.15, 0.2) is 5.96 Å². The molecule has 0 aromatic heterocycles. The summed E-state index contributed by atoms with van der Waals surface area (Å²) < 4.78 is 0. The van der Waals surface area contributed by atoms with E-state index in [1.165, 1.54) is 19.3 Å². The highest BCUT2D eigenvalue weighted by Gasteiger charge is 2.40. The van der Waals surface area contributed by atoms with E-state index in [-0.39, 0.29) is 0 Å². The zero-order valence-electron chi connectivity index (χ0n) is 5.35. The van der Waals surface area contributed by atoms with Crippen molar-refractivity contribution in [2.45, 2.75) is 24.8 Å². The Hall–Kier alpha value is -0.730. The molecule has 1 aliphatic heterocycles. The minimum Gasteiger partial charge on any atom is -0.370 e. The van der Waals surface area contributed by atoms with Crippen molar-refractivity contribution >= 4 is 5.96 Å². The fraction of sp³-hybridized carbons (Fsp3) is 0.833. The summed E-state index contributed by atoms with van der Waals surface area (Å²) in [6, 6.07) is 0. The van der Waals surface area contributed by atoms with Gasteiger partial charge in [-0.3, -0.25) is 4.99 Å². The van der Waals surface area contributed by atoms with Gasteiger partial charge in [0.1, 0.15) is 0 Å². The molecule has 1 saturated carbocycles. The molecule has 3 heteroatoms. The van der Waals surface area contributed by atoms with Crippen LogP contribution < -0.4 is 11.1 Å². The number of nitrogens with two attached hydrogens (primary N) is 1. The Morgan fingerprint density at radius 1 is 1.56 bits per heavy atom. The average molecular weight is 125 g/mol. The van der Waals surface area contributed by atoms with E-state index in [4.69, 9.17) is 5.73 Å². The van der Waals surface area contributed by atoms with Crippen LogP contribution in [0.2, 0.25) is 0 Å². The highest BCUT2D eigenvalue weighted by Crippen LogP contribution is 2.33. The number of aliphatic imine (C=N–C) groups is 1. The Labute approximate surface area is 54.3 Å². The minimum atomic E-state index is 0.310. The number of hydrogen-bond acceptors (Lipinski definition) is 3. The number of hydrogen-bond donors (Lipinski definition) is 2. The first-order valence-electron chi connectivity index (χ1n) is 3.39. The molecule has 0 bridgehead atoms. The van der Waals surface area contributed by atoms with Gasteiger partial charge in [-0.25, -0.2) is 0 Å². The number of guanidine groups is 1. The molecule has 0 aromatic carbocycles. The van der Waals surface area contributed by atoms with E-state index < -0.39 is 0 Å². The van der Waals surface area contributed by atoms with Crippen molar-refractivity contribution in [1.29, 1.82) is 0 Å². The highest BCUT2D eigenvalue weighted by molar-refractivity contribution is 5.80. The van der Waals surface area contributed by atoms with Crippen LogP contribution in [0.25, 0.3) is 0 Å². The molecule has 2 aliphatic rings. The van der Waals surface area contributed by atoms with E-state index in [9.17, 15) is 0 Å². The van der Waals surface area contributed by atoms with E-state index in [2.05, 4.69) is 10.3 Å². The topological polar surface area (TPSA) is 50.4 Å². The van der Waals surface area contributed by atoms with Gasteiger partial charge in [-0.1, -0.05) is 0 Å². The van der Waals surface area contributed by atoms with E-state index >= 15 is 0 Å². The van der Waals surface area contributed by atoms with E-state index in [0.29, 0.717) is 11.5 Å². The first kappa shape index (κ1) is 5.09. The summed E-state index contributed by atoms with van der Waals surface area (Å²) in [6.07, 6.45) is 3.82. The van der Waals surface area contributed by atoms with Crippen LogP contribution in [0.15, 0.2) is 4.99 Å². The Morgan fingerprint density at radius 2 is 2.33 bits per heavy atom. The molecule has 0 radical (unpaired) electrons. The van der Waals surface area contributed by atoms with Gasteiger partial charge in [0.2, 0.25) is 0 Å². The van der Waals surface area contributed by atoms with Gasteiger partial charge in [0.05, 0.1) is 12.1 Å². The van der Waals surface area contributed by atoms with E-state index in [1.54, 1.807) is 0 Å². The summed E-state index contributed by atoms with van der Waals surface area (Å²) >= 11 is 0. The molecular formula is C6H11N3. The van der Waals surface area contributed by atoms with Crippen LogP contribution in [0.5, 0.6) is 0 Å². The van der Waals surface area contributed by atoms with Crippen LogP contribution in [0, 0.1) is 0 Å². The monoisotopic (exact) mass is 125 g/mol. The number of rotatable bonds is 0. The minimum absolute atomic E-state index is 0.310. The van der Waals surface area contributed by atoms with Gasteiger partial charge >= 0.3 is 0 Å². The number of nitrogens with zero attached hydrogens (tertiary/aromatic N) is 1. The maximum absolute atomic E-state index is 5.46. The Kier molecular flexibility index (Phi) is 0.793.